The molecule has 0 amide bonds. The monoisotopic (exact) mass is 434 g/mol. The molecule has 2 aromatic rings. The molecule has 164 valence electrons. The summed E-state index contributed by atoms with van der Waals surface area (Å²) in [6.07, 6.45) is 1.74. The topological polar surface area (TPSA) is 72.2 Å². The van der Waals surface area contributed by atoms with Gasteiger partial charge in [0.25, 0.3) is 0 Å². The number of methoxy groups -OCH3 is 1. The Hall–Kier alpha value is -1.87. The van der Waals surface area contributed by atoms with E-state index in [0.717, 1.165) is 44.0 Å². The van der Waals surface area contributed by atoms with Gasteiger partial charge in [0.1, 0.15) is 22.2 Å². The summed E-state index contributed by atoms with van der Waals surface area (Å²) in [6, 6.07) is 10.9. The lowest BCUT2D eigenvalue weighted by molar-refractivity contribution is 0.0271. The average molecular weight is 435 g/mol. The molecule has 30 heavy (non-hydrogen) atoms. The van der Waals surface area contributed by atoms with E-state index in [1.54, 1.807) is 29.6 Å². The summed E-state index contributed by atoms with van der Waals surface area (Å²) in [4.78, 5) is 2.60. The Morgan fingerprint density at radius 3 is 2.60 bits per heavy atom. The Kier molecular flexibility index (Phi) is 6.20. The summed E-state index contributed by atoms with van der Waals surface area (Å²) in [5.41, 5.74) is -0.218. The highest BCUT2D eigenvalue weighted by molar-refractivity contribution is 7.89. The molecule has 0 atom stereocenters. The molecule has 0 aliphatic carbocycles. The Morgan fingerprint density at radius 2 is 1.90 bits per heavy atom. The zero-order chi connectivity index (χ0) is 21.2. The Bertz CT molecular complexity index is 963. The first kappa shape index (κ1) is 21.4. The Morgan fingerprint density at radius 1 is 1.13 bits per heavy atom. The van der Waals surface area contributed by atoms with Crippen molar-refractivity contribution in [2.45, 2.75) is 31.2 Å². The van der Waals surface area contributed by atoms with Crippen molar-refractivity contribution in [2.24, 2.45) is 5.41 Å². The molecule has 0 saturated carbocycles. The van der Waals surface area contributed by atoms with Gasteiger partial charge in [-0.1, -0.05) is 12.1 Å². The standard InChI is InChI=1S/C22H30N2O5S/c1-18-7-8-19(29-18)15-23-11-9-22(10-12-23)16-24(13-14-27-2)30(25,26)21-6-4-3-5-20(21)28-17-22/h3-8H,9-17H2,1-2H3. The van der Waals surface area contributed by atoms with Crippen molar-refractivity contribution in [3.8, 4) is 5.75 Å². The molecule has 1 saturated heterocycles. The highest BCUT2D eigenvalue weighted by Crippen LogP contribution is 2.39. The first-order valence-corrected chi connectivity index (χ1v) is 11.8. The summed E-state index contributed by atoms with van der Waals surface area (Å²) < 4.78 is 45.4. The van der Waals surface area contributed by atoms with Crippen LogP contribution in [0, 0.1) is 12.3 Å². The normalized spacial score (nSPS) is 21.5. The zero-order valence-electron chi connectivity index (χ0n) is 17.7. The second-order valence-electron chi connectivity index (χ2n) is 8.36. The molecule has 0 N–H and O–H groups in total. The molecule has 1 spiro atoms. The largest absolute Gasteiger partial charge is 0.492 e. The zero-order valence-corrected chi connectivity index (χ0v) is 18.5. The molecule has 2 aliphatic heterocycles. The highest BCUT2D eigenvalue weighted by atomic mass is 32.2. The van der Waals surface area contributed by atoms with Gasteiger partial charge in [0.2, 0.25) is 10.0 Å². The molecule has 4 rings (SSSR count). The van der Waals surface area contributed by atoms with Gasteiger partial charge in [-0.2, -0.15) is 4.31 Å². The van der Waals surface area contributed by atoms with Crippen LogP contribution in [0.2, 0.25) is 0 Å². The summed E-state index contributed by atoms with van der Waals surface area (Å²) in [5.74, 6) is 2.33. The Labute approximate surface area is 178 Å². The molecule has 1 fully saturated rings. The summed E-state index contributed by atoms with van der Waals surface area (Å²) in [7, 11) is -2.05. The number of furan rings is 1. The first-order valence-electron chi connectivity index (χ1n) is 10.4. The van der Waals surface area contributed by atoms with Crippen LogP contribution in [0.4, 0.5) is 0 Å². The van der Waals surface area contributed by atoms with E-state index in [-0.39, 0.29) is 10.3 Å². The maximum atomic E-state index is 13.4. The van der Waals surface area contributed by atoms with Gasteiger partial charge >= 0.3 is 0 Å². The fraction of sp³-hybridized carbons (Fsp3) is 0.545. The highest BCUT2D eigenvalue weighted by Gasteiger charge is 2.42. The molecule has 3 heterocycles. The number of aryl methyl sites for hydroxylation is 1. The maximum Gasteiger partial charge on any atom is 0.246 e. The Balaban J connectivity index is 1.54. The van der Waals surface area contributed by atoms with Crippen LogP contribution >= 0.6 is 0 Å². The predicted molar refractivity (Wildman–Crippen MR) is 113 cm³/mol. The third-order valence-corrected chi connectivity index (χ3v) is 8.03. The molecule has 0 radical (unpaired) electrons. The lowest BCUT2D eigenvalue weighted by atomic mass is 9.78. The number of nitrogens with zero attached hydrogens (tertiary/aromatic N) is 2. The first-order chi connectivity index (χ1) is 14.4. The average Bonchev–Trinajstić information content (AvgIpc) is 3.15. The van der Waals surface area contributed by atoms with Crippen molar-refractivity contribution in [3.63, 3.8) is 0 Å². The van der Waals surface area contributed by atoms with E-state index in [0.29, 0.717) is 32.1 Å². The van der Waals surface area contributed by atoms with E-state index < -0.39 is 10.0 Å². The molecule has 7 nitrogen and oxygen atoms in total. The van der Waals surface area contributed by atoms with Crippen molar-refractivity contribution < 1.29 is 22.3 Å². The van der Waals surface area contributed by atoms with Crippen LogP contribution in [0.5, 0.6) is 5.75 Å². The van der Waals surface area contributed by atoms with E-state index in [4.69, 9.17) is 13.9 Å². The quantitative estimate of drug-likeness (QED) is 0.721. The number of benzene rings is 1. The van der Waals surface area contributed by atoms with Crippen molar-refractivity contribution in [2.75, 3.05) is 46.5 Å². The molecule has 2 aliphatic rings. The van der Waals surface area contributed by atoms with E-state index in [1.165, 1.54) is 0 Å². The van der Waals surface area contributed by atoms with Crippen LogP contribution < -0.4 is 4.74 Å². The van der Waals surface area contributed by atoms with Crippen LogP contribution in [0.1, 0.15) is 24.4 Å². The number of ether oxygens (including phenoxy) is 2. The summed E-state index contributed by atoms with van der Waals surface area (Å²) in [5, 5.41) is 0. The molecule has 1 aromatic carbocycles. The molecule has 8 heteroatoms. The van der Waals surface area contributed by atoms with E-state index >= 15 is 0 Å². The van der Waals surface area contributed by atoms with Crippen LogP contribution in [-0.2, 0) is 21.3 Å². The van der Waals surface area contributed by atoms with Crippen molar-refractivity contribution >= 4 is 10.0 Å². The number of fused-ring (bicyclic) bond motifs is 1. The van der Waals surface area contributed by atoms with Crippen LogP contribution in [0.15, 0.2) is 45.7 Å². The molecule has 0 unspecified atom stereocenters. The van der Waals surface area contributed by atoms with E-state index in [2.05, 4.69) is 4.90 Å². The van der Waals surface area contributed by atoms with Gasteiger partial charge in [0.05, 0.1) is 19.8 Å². The SMILES string of the molecule is COCCN1CC2(CCN(Cc3ccc(C)o3)CC2)COc2ccccc2S1(=O)=O. The van der Waals surface area contributed by atoms with Gasteiger partial charge in [-0.05, 0) is 57.1 Å². The fourth-order valence-electron chi connectivity index (χ4n) is 4.33. The maximum absolute atomic E-state index is 13.4. The van der Waals surface area contributed by atoms with Gasteiger partial charge < -0.3 is 13.9 Å². The number of likely N-dealkylation sites (tertiary alicyclic amines) is 1. The minimum absolute atomic E-state index is 0.218. The van der Waals surface area contributed by atoms with Crippen molar-refractivity contribution in [3.05, 3.63) is 47.9 Å². The van der Waals surface area contributed by atoms with Gasteiger partial charge in [0, 0.05) is 25.6 Å². The molecular weight excluding hydrogens is 404 g/mol. The van der Waals surface area contributed by atoms with Gasteiger partial charge in [-0.15, -0.1) is 0 Å². The summed E-state index contributed by atoms with van der Waals surface area (Å²) >= 11 is 0. The van der Waals surface area contributed by atoms with Crippen LogP contribution in [0.3, 0.4) is 0 Å². The third-order valence-electron chi connectivity index (χ3n) is 6.15. The van der Waals surface area contributed by atoms with Crippen LogP contribution in [0.25, 0.3) is 0 Å². The van der Waals surface area contributed by atoms with Gasteiger partial charge in [-0.25, -0.2) is 8.42 Å². The minimum atomic E-state index is -3.65. The number of sulfonamides is 1. The molecule has 1 aromatic heterocycles. The van der Waals surface area contributed by atoms with Crippen LogP contribution in [-0.4, -0.2) is 64.1 Å². The van der Waals surface area contributed by atoms with E-state index in [9.17, 15) is 8.42 Å². The number of rotatable bonds is 5. The second kappa shape index (κ2) is 8.70. The van der Waals surface area contributed by atoms with Gasteiger partial charge in [-0.3, -0.25) is 4.90 Å². The smallest absolute Gasteiger partial charge is 0.246 e. The number of para-hydroxylation sites is 1. The third kappa shape index (κ3) is 4.42. The minimum Gasteiger partial charge on any atom is -0.492 e. The molecule has 0 bridgehead atoms. The number of hydrogen-bond donors (Lipinski definition) is 0. The van der Waals surface area contributed by atoms with Crippen molar-refractivity contribution in [1.82, 2.24) is 9.21 Å². The van der Waals surface area contributed by atoms with E-state index in [1.807, 2.05) is 25.1 Å². The summed E-state index contributed by atoms with van der Waals surface area (Å²) in [6.45, 7) is 6.14. The lowest BCUT2D eigenvalue weighted by Crippen LogP contribution is -2.51. The van der Waals surface area contributed by atoms with Crippen molar-refractivity contribution in [1.29, 1.82) is 0 Å². The molecular formula is C22H30N2O5S. The number of hydrogen-bond acceptors (Lipinski definition) is 6. The lowest BCUT2D eigenvalue weighted by Gasteiger charge is -2.44. The number of piperidine rings is 1. The second-order valence-corrected chi connectivity index (χ2v) is 10.3. The fourth-order valence-corrected chi connectivity index (χ4v) is 6.00. The van der Waals surface area contributed by atoms with Gasteiger partial charge in [0.15, 0.2) is 0 Å². The predicted octanol–water partition coefficient (Wildman–Crippen LogP) is 2.90.